The lowest BCUT2D eigenvalue weighted by molar-refractivity contribution is 0.0828. The van der Waals surface area contributed by atoms with E-state index in [9.17, 15) is 4.79 Å². The summed E-state index contributed by atoms with van der Waals surface area (Å²) in [4.78, 5) is 15.0. The van der Waals surface area contributed by atoms with Crippen LogP contribution in [-0.4, -0.2) is 17.4 Å². The van der Waals surface area contributed by atoms with Gasteiger partial charge in [0, 0.05) is 17.8 Å². The molecule has 22 heavy (non-hydrogen) atoms. The molecule has 1 amide bonds. The molecule has 2 aromatic rings. The van der Waals surface area contributed by atoms with Gasteiger partial charge in [0.1, 0.15) is 0 Å². The van der Waals surface area contributed by atoms with Gasteiger partial charge < -0.3 is 4.90 Å². The smallest absolute Gasteiger partial charge is 0.258 e. The third kappa shape index (κ3) is 2.69. The van der Waals surface area contributed by atoms with Crippen LogP contribution in [0.4, 0.5) is 0 Å². The molecular weight excluding hydrogens is 270 g/mol. The summed E-state index contributed by atoms with van der Waals surface area (Å²) in [7, 11) is 0. The molecule has 3 rings (SSSR count). The summed E-state index contributed by atoms with van der Waals surface area (Å²) in [5, 5.41) is 0. The Hall–Kier alpha value is -2.35. The molecule has 0 spiro atoms. The Morgan fingerprint density at radius 1 is 0.955 bits per heavy atom. The lowest BCUT2D eigenvalue weighted by Gasteiger charge is -2.30. The number of hydrogen-bond acceptors (Lipinski definition) is 1. The van der Waals surface area contributed by atoms with Gasteiger partial charge in [0.05, 0.1) is 0 Å². The van der Waals surface area contributed by atoms with Crippen molar-refractivity contribution in [3.63, 3.8) is 0 Å². The normalized spacial score (nSPS) is 14.6. The lowest BCUT2D eigenvalue weighted by atomic mass is 9.99. The SMILES string of the molecule is Cc1cccc(C)c1C(=O)N1CCCC=C1c1ccccc1. The van der Waals surface area contributed by atoms with Gasteiger partial charge in [0.2, 0.25) is 0 Å². The van der Waals surface area contributed by atoms with Crippen LogP contribution in [0.2, 0.25) is 0 Å². The highest BCUT2D eigenvalue weighted by molar-refractivity contribution is 6.02. The quantitative estimate of drug-likeness (QED) is 0.793. The molecule has 0 N–H and O–H groups in total. The molecule has 0 aliphatic carbocycles. The first-order valence-corrected chi connectivity index (χ1v) is 7.82. The van der Waals surface area contributed by atoms with Crippen molar-refractivity contribution in [3.05, 3.63) is 76.9 Å². The van der Waals surface area contributed by atoms with E-state index in [4.69, 9.17) is 0 Å². The molecule has 2 heteroatoms. The number of rotatable bonds is 2. The predicted molar refractivity (Wildman–Crippen MR) is 90.6 cm³/mol. The number of nitrogens with zero attached hydrogens (tertiary/aromatic N) is 1. The van der Waals surface area contributed by atoms with Crippen molar-refractivity contribution >= 4 is 11.6 Å². The van der Waals surface area contributed by atoms with E-state index < -0.39 is 0 Å². The molecule has 0 unspecified atom stereocenters. The lowest BCUT2D eigenvalue weighted by Crippen LogP contribution is -2.33. The van der Waals surface area contributed by atoms with Gasteiger partial charge in [-0.2, -0.15) is 0 Å². The van der Waals surface area contributed by atoms with Gasteiger partial charge in [-0.05, 0) is 43.4 Å². The van der Waals surface area contributed by atoms with E-state index in [-0.39, 0.29) is 5.91 Å². The molecule has 0 saturated heterocycles. The Bertz CT molecular complexity index is 695. The highest BCUT2D eigenvalue weighted by Crippen LogP contribution is 2.28. The van der Waals surface area contributed by atoms with Crippen molar-refractivity contribution in [1.82, 2.24) is 4.90 Å². The fraction of sp³-hybridized carbons (Fsp3) is 0.250. The van der Waals surface area contributed by atoms with Crippen LogP contribution in [0.1, 0.15) is 39.9 Å². The highest BCUT2D eigenvalue weighted by atomic mass is 16.2. The number of benzene rings is 2. The summed E-state index contributed by atoms with van der Waals surface area (Å²) in [6, 6.07) is 16.2. The Morgan fingerprint density at radius 3 is 2.32 bits per heavy atom. The van der Waals surface area contributed by atoms with E-state index in [1.54, 1.807) is 0 Å². The van der Waals surface area contributed by atoms with Crippen LogP contribution in [0.3, 0.4) is 0 Å². The van der Waals surface area contributed by atoms with Crippen LogP contribution in [-0.2, 0) is 0 Å². The van der Waals surface area contributed by atoms with Crippen molar-refractivity contribution < 1.29 is 4.79 Å². The third-order valence-corrected chi connectivity index (χ3v) is 4.22. The van der Waals surface area contributed by atoms with Crippen molar-refractivity contribution in [2.24, 2.45) is 0 Å². The molecule has 1 aliphatic heterocycles. The van der Waals surface area contributed by atoms with Crippen LogP contribution in [0.5, 0.6) is 0 Å². The molecule has 112 valence electrons. The van der Waals surface area contributed by atoms with Gasteiger partial charge in [-0.1, -0.05) is 54.6 Å². The zero-order valence-electron chi connectivity index (χ0n) is 13.2. The molecular formula is C20H21NO. The number of carbonyl (C=O) groups excluding carboxylic acids is 1. The Morgan fingerprint density at radius 2 is 1.64 bits per heavy atom. The first kappa shape index (κ1) is 14.6. The van der Waals surface area contributed by atoms with Gasteiger partial charge in [0.15, 0.2) is 0 Å². The summed E-state index contributed by atoms with van der Waals surface area (Å²) in [5.74, 6) is 0.116. The number of aryl methyl sites for hydroxylation is 2. The second-order valence-corrected chi connectivity index (χ2v) is 5.82. The zero-order valence-corrected chi connectivity index (χ0v) is 13.2. The first-order valence-electron chi connectivity index (χ1n) is 7.82. The average molecular weight is 291 g/mol. The van der Waals surface area contributed by atoms with Gasteiger partial charge >= 0.3 is 0 Å². The third-order valence-electron chi connectivity index (χ3n) is 4.22. The molecule has 1 heterocycles. The Labute approximate surface area is 132 Å². The van der Waals surface area contributed by atoms with Gasteiger partial charge in [-0.15, -0.1) is 0 Å². The van der Waals surface area contributed by atoms with E-state index in [0.717, 1.165) is 47.3 Å². The van der Waals surface area contributed by atoms with E-state index in [2.05, 4.69) is 18.2 Å². The molecule has 0 radical (unpaired) electrons. The van der Waals surface area contributed by atoms with E-state index in [1.807, 2.05) is 55.1 Å². The minimum absolute atomic E-state index is 0.116. The summed E-state index contributed by atoms with van der Waals surface area (Å²) >= 11 is 0. The molecule has 0 aromatic heterocycles. The second kappa shape index (κ2) is 6.18. The van der Waals surface area contributed by atoms with Crippen molar-refractivity contribution in [1.29, 1.82) is 0 Å². The highest BCUT2D eigenvalue weighted by Gasteiger charge is 2.24. The second-order valence-electron chi connectivity index (χ2n) is 5.82. The van der Waals surface area contributed by atoms with Crippen LogP contribution in [0.15, 0.2) is 54.6 Å². The van der Waals surface area contributed by atoms with E-state index in [0.29, 0.717) is 0 Å². The maximum atomic E-state index is 13.1. The Balaban J connectivity index is 2.01. The maximum Gasteiger partial charge on any atom is 0.258 e. The van der Waals surface area contributed by atoms with E-state index >= 15 is 0 Å². The van der Waals surface area contributed by atoms with Gasteiger partial charge in [0.25, 0.3) is 5.91 Å². The summed E-state index contributed by atoms with van der Waals surface area (Å²) in [5.41, 5.74) is 5.08. The first-order chi connectivity index (χ1) is 10.7. The van der Waals surface area contributed by atoms with Crippen LogP contribution >= 0.6 is 0 Å². The van der Waals surface area contributed by atoms with Gasteiger partial charge in [-0.25, -0.2) is 0 Å². The average Bonchev–Trinajstić information content (AvgIpc) is 2.55. The molecule has 2 nitrogen and oxygen atoms in total. The fourth-order valence-corrected chi connectivity index (χ4v) is 3.10. The number of carbonyl (C=O) groups is 1. The summed E-state index contributed by atoms with van der Waals surface area (Å²) in [6.07, 6.45) is 4.23. The minimum Gasteiger partial charge on any atom is -0.308 e. The summed E-state index contributed by atoms with van der Waals surface area (Å²) < 4.78 is 0. The van der Waals surface area contributed by atoms with Crippen molar-refractivity contribution in [2.75, 3.05) is 6.54 Å². The maximum absolute atomic E-state index is 13.1. The molecule has 0 fully saturated rings. The standard InChI is InChI=1S/C20H21NO/c1-15-9-8-10-16(2)19(15)20(22)21-14-7-6-13-18(21)17-11-4-3-5-12-17/h3-5,8-13H,6-7,14H2,1-2H3. The molecule has 0 saturated carbocycles. The van der Waals surface area contributed by atoms with Crippen LogP contribution in [0.25, 0.3) is 5.70 Å². The molecule has 1 aliphatic rings. The minimum atomic E-state index is 0.116. The summed E-state index contributed by atoms with van der Waals surface area (Å²) in [6.45, 7) is 4.81. The van der Waals surface area contributed by atoms with Crippen molar-refractivity contribution in [2.45, 2.75) is 26.7 Å². The molecule has 0 atom stereocenters. The number of amides is 1. The van der Waals surface area contributed by atoms with Crippen LogP contribution < -0.4 is 0 Å². The largest absolute Gasteiger partial charge is 0.308 e. The molecule has 0 bridgehead atoms. The zero-order chi connectivity index (χ0) is 15.5. The van der Waals surface area contributed by atoms with Gasteiger partial charge in [-0.3, -0.25) is 4.79 Å². The predicted octanol–water partition coefficient (Wildman–Crippen LogP) is 4.58. The topological polar surface area (TPSA) is 20.3 Å². The number of allylic oxidation sites excluding steroid dienone is 1. The Kier molecular flexibility index (Phi) is 4.10. The number of hydrogen-bond donors (Lipinski definition) is 0. The monoisotopic (exact) mass is 291 g/mol. The van der Waals surface area contributed by atoms with Crippen LogP contribution in [0, 0.1) is 13.8 Å². The fourth-order valence-electron chi connectivity index (χ4n) is 3.10. The van der Waals surface area contributed by atoms with E-state index in [1.165, 1.54) is 0 Å². The van der Waals surface area contributed by atoms with Crippen molar-refractivity contribution in [3.8, 4) is 0 Å². The molecule has 2 aromatic carbocycles.